The van der Waals surface area contributed by atoms with Crippen molar-refractivity contribution in [2.75, 3.05) is 20.3 Å². The van der Waals surface area contributed by atoms with E-state index in [1.54, 1.807) is 0 Å². The van der Waals surface area contributed by atoms with Gasteiger partial charge in [0, 0.05) is 22.3 Å². The fraction of sp³-hybridized carbons (Fsp3) is 0.333. The van der Waals surface area contributed by atoms with Crippen molar-refractivity contribution in [3.05, 3.63) is 73.3 Å². The second kappa shape index (κ2) is 6.70. The molecule has 3 heteroatoms. The summed E-state index contributed by atoms with van der Waals surface area (Å²) in [6.07, 6.45) is 4.80. The number of nitrogens with zero attached hydrogens (tertiary/aromatic N) is 1. The minimum atomic E-state index is -2.62. The van der Waals surface area contributed by atoms with Crippen LogP contribution in [0.3, 0.4) is 0 Å². The molecule has 0 amide bonds. The van der Waals surface area contributed by atoms with E-state index in [9.17, 15) is 4.57 Å². The van der Waals surface area contributed by atoms with E-state index in [2.05, 4.69) is 31.7 Å². The van der Waals surface area contributed by atoms with Crippen molar-refractivity contribution in [3.8, 4) is 0 Å². The molecular formula is C21H26NOP. The van der Waals surface area contributed by atoms with Crippen LogP contribution in [0.15, 0.2) is 73.3 Å². The predicted octanol–water partition coefficient (Wildman–Crippen LogP) is 3.90. The number of hydrogen-bond donors (Lipinski definition) is 0. The highest BCUT2D eigenvalue weighted by atomic mass is 31.2. The molecule has 2 atom stereocenters. The van der Waals surface area contributed by atoms with Gasteiger partial charge in [-0.3, -0.25) is 0 Å². The summed E-state index contributed by atoms with van der Waals surface area (Å²) < 4.78 is 14.1. The molecule has 0 bridgehead atoms. The van der Waals surface area contributed by atoms with Gasteiger partial charge >= 0.3 is 0 Å². The van der Waals surface area contributed by atoms with Crippen LogP contribution in [0.25, 0.3) is 0 Å². The van der Waals surface area contributed by atoms with Crippen molar-refractivity contribution in [1.82, 2.24) is 4.90 Å². The van der Waals surface area contributed by atoms with Gasteiger partial charge in [-0.2, -0.15) is 0 Å². The molecule has 1 aliphatic carbocycles. The third kappa shape index (κ3) is 3.01. The van der Waals surface area contributed by atoms with Crippen LogP contribution < -0.4 is 10.6 Å². The number of rotatable bonds is 7. The SMILES string of the molecule is C=C[C@@H]1C[C@@]1(CCP(=O)(c1ccccc1)c1ccccc1)N(C)C. The highest BCUT2D eigenvalue weighted by molar-refractivity contribution is 7.78. The zero-order valence-electron chi connectivity index (χ0n) is 14.6. The Morgan fingerprint density at radius 2 is 1.58 bits per heavy atom. The van der Waals surface area contributed by atoms with E-state index < -0.39 is 7.14 Å². The molecule has 2 aromatic rings. The first-order valence-electron chi connectivity index (χ1n) is 8.53. The van der Waals surface area contributed by atoms with Crippen molar-refractivity contribution in [2.45, 2.75) is 18.4 Å². The van der Waals surface area contributed by atoms with Gasteiger partial charge < -0.3 is 9.46 Å². The monoisotopic (exact) mass is 339 g/mol. The third-order valence-electron chi connectivity index (χ3n) is 5.48. The van der Waals surface area contributed by atoms with Crippen molar-refractivity contribution >= 4 is 17.8 Å². The zero-order chi connectivity index (χ0) is 17.2. The second-order valence-electron chi connectivity index (χ2n) is 6.93. The maximum Gasteiger partial charge on any atom is 0.143 e. The summed E-state index contributed by atoms with van der Waals surface area (Å²) in [6.45, 7) is 3.97. The Kier molecular flexibility index (Phi) is 4.80. The van der Waals surface area contributed by atoms with Crippen molar-refractivity contribution < 1.29 is 4.57 Å². The lowest BCUT2D eigenvalue weighted by Gasteiger charge is -2.28. The molecule has 0 N–H and O–H groups in total. The topological polar surface area (TPSA) is 20.3 Å². The molecule has 1 aliphatic rings. The number of benzene rings is 2. The molecule has 0 spiro atoms. The minimum Gasteiger partial charge on any atom is -0.314 e. The number of hydrogen-bond acceptors (Lipinski definition) is 2. The molecular weight excluding hydrogens is 313 g/mol. The maximum atomic E-state index is 14.1. The van der Waals surface area contributed by atoms with E-state index in [0.717, 1.165) is 23.5 Å². The van der Waals surface area contributed by atoms with E-state index in [1.165, 1.54) is 0 Å². The van der Waals surface area contributed by atoms with E-state index >= 15 is 0 Å². The van der Waals surface area contributed by atoms with Gasteiger partial charge in [-0.05, 0) is 32.9 Å². The molecule has 0 unspecified atom stereocenters. The summed E-state index contributed by atoms with van der Waals surface area (Å²) >= 11 is 0. The molecule has 3 rings (SSSR count). The first kappa shape index (κ1) is 17.2. The Hall–Kier alpha value is -1.63. The Bertz CT molecular complexity index is 697. The normalized spacial score (nSPS) is 23.2. The fourth-order valence-electron chi connectivity index (χ4n) is 3.75. The zero-order valence-corrected chi connectivity index (χ0v) is 15.5. The Morgan fingerprint density at radius 1 is 1.08 bits per heavy atom. The fourth-order valence-corrected chi connectivity index (χ4v) is 6.57. The van der Waals surface area contributed by atoms with Gasteiger partial charge in [0.15, 0.2) is 0 Å². The van der Waals surface area contributed by atoms with Crippen molar-refractivity contribution in [2.24, 2.45) is 5.92 Å². The van der Waals surface area contributed by atoms with Gasteiger partial charge in [0.05, 0.1) is 0 Å². The van der Waals surface area contributed by atoms with Gasteiger partial charge in [-0.25, -0.2) is 0 Å². The lowest BCUT2D eigenvalue weighted by Crippen LogP contribution is -2.34. The molecule has 1 fully saturated rings. The van der Waals surface area contributed by atoms with Crippen LogP contribution in [-0.4, -0.2) is 30.7 Å². The average molecular weight is 339 g/mol. The van der Waals surface area contributed by atoms with Crippen molar-refractivity contribution in [1.29, 1.82) is 0 Å². The average Bonchev–Trinajstić information content (AvgIpc) is 3.36. The summed E-state index contributed by atoms with van der Waals surface area (Å²) in [5.41, 5.74) is 0.126. The van der Waals surface area contributed by atoms with Gasteiger partial charge in [0.1, 0.15) is 7.14 Å². The first-order valence-corrected chi connectivity index (χ1v) is 10.4. The standard InChI is InChI=1S/C21H26NOP/c1-4-18-17-21(18,22(2)3)15-16-24(23,19-11-7-5-8-12-19)20-13-9-6-10-14-20/h4-14,18H,1,15-17H2,2-3H3/t18-,21-/m1/s1. The van der Waals surface area contributed by atoms with Crippen LogP contribution in [0.2, 0.25) is 0 Å². The van der Waals surface area contributed by atoms with Crippen LogP contribution >= 0.6 is 7.14 Å². The highest BCUT2D eigenvalue weighted by Crippen LogP contribution is 2.55. The van der Waals surface area contributed by atoms with Gasteiger partial charge in [-0.1, -0.05) is 66.7 Å². The Balaban J connectivity index is 1.93. The highest BCUT2D eigenvalue weighted by Gasteiger charge is 2.54. The third-order valence-corrected chi connectivity index (χ3v) is 8.60. The van der Waals surface area contributed by atoms with Gasteiger partial charge in [0.2, 0.25) is 0 Å². The molecule has 126 valence electrons. The molecule has 24 heavy (non-hydrogen) atoms. The smallest absolute Gasteiger partial charge is 0.143 e. The molecule has 0 radical (unpaired) electrons. The summed E-state index contributed by atoms with van der Waals surface area (Å²) in [7, 11) is 1.63. The second-order valence-corrected chi connectivity index (χ2v) is 9.89. The molecule has 2 nitrogen and oxygen atoms in total. The molecule has 0 aromatic heterocycles. The van der Waals surface area contributed by atoms with E-state index in [-0.39, 0.29) is 5.54 Å². The largest absolute Gasteiger partial charge is 0.314 e. The van der Waals surface area contributed by atoms with Gasteiger partial charge in [-0.15, -0.1) is 6.58 Å². The molecule has 1 saturated carbocycles. The van der Waals surface area contributed by atoms with E-state index in [1.807, 2.05) is 60.7 Å². The van der Waals surface area contributed by atoms with Crippen molar-refractivity contribution in [3.63, 3.8) is 0 Å². The van der Waals surface area contributed by atoms with Crippen LogP contribution in [-0.2, 0) is 4.57 Å². The lowest BCUT2D eigenvalue weighted by molar-refractivity contribution is 0.252. The molecule has 0 heterocycles. The van der Waals surface area contributed by atoms with Crippen LogP contribution in [0.4, 0.5) is 0 Å². The molecule has 0 aliphatic heterocycles. The molecule has 2 aromatic carbocycles. The summed E-state index contributed by atoms with van der Waals surface area (Å²) in [4.78, 5) is 2.29. The Morgan fingerprint density at radius 3 is 1.96 bits per heavy atom. The first-order chi connectivity index (χ1) is 11.5. The quantitative estimate of drug-likeness (QED) is 0.563. The summed E-state index contributed by atoms with van der Waals surface area (Å²) in [5.74, 6) is 0.507. The van der Waals surface area contributed by atoms with E-state index in [4.69, 9.17) is 0 Å². The predicted molar refractivity (Wildman–Crippen MR) is 104 cm³/mol. The minimum absolute atomic E-state index is 0.126. The summed E-state index contributed by atoms with van der Waals surface area (Å²) in [6, 6.07) is 19.9. The van der Waals surface area contributed by atoms with E-state index in [0.29, 0.717) is 12.1 Å². The van der Waals surface area contributed by atoms with Crippen LogP contribution in [0.1, 0.15) is 12.8 Å². The van der Waals surface area contributed by atoms with Crippen LogP contribution in [0, 0.1) is 5.92 Å². The maximum absolute atomic E-state index is 14.1. The lowest BCUT2D eigenvalue weighted by atomic mass is 10.1. The summed E-state index contributed by atoms with van der Waals surface area (Å²) in [5, 5.41) is 1.92. The van der Waals surface area contributed by atoms with Gasteiger partial charge in [0.25, 0.3) is 0 Å². The van der Waals surface area contributed by atoms with Crippen LogP contribution in [0.5, 0.6) is 0 Å². The Labute approximate surface area is 145 Å². The molecule has 0 saturated heterocycles.